The molecule has 0 aromatic carbocycles. The van der Waals surface area contributed by atoms with E-state index in [2.05, 4.69) is 20.0 Å². The topological polar surface area (TPSA) is 66.5 Å². The third-order valence-corrected chi connectivity index (χ3v) is 4.02. The molecule has 19 heavy (non-hydrogen) atoms. The molecule has 1 fully saturated rings. The van der Waals surface area contributed by atoms with Gasteiger partial charge in [-0.1, -0.05) is 11.6 Å². The van der Waals surface area contributed by atoms with E-state index >= 15 is 0 Å². The predicted octanol–water partition coefficient (Wildman–Crippen LogP) is 1.29. The molecule has 1 atom stereocenters. The van der Waals surface area contributed by atoms with Gasteiger partial charge in [0.1, 0.15) is 17.3 Å². The van der Waals surface area contributed by atoms with Crippen molar-refractivity contribution in [1.82, 2.24) is 19.6 Å². The average Bonchev–Trinajstić information content (AvgIpc) is 2.87. The highest BCUT2D eigenvalue weighted by Crippen LogP contribution is 2.29. The minimum atomic E-state index is 0.217. The Morgan fingerprint density at radius 3 is 3.16 bits per heavy atom. The predicted molar refractivity (Wildman–Crippen MR) is 72.6 cm³/mol. The molecular formula is C12H16ClN5O. The van der Waals surface area contributed by atoms with E-state index in [0.717, 1.165) is 37.3 Å². The molecule has 6 nitrogen and oxygen atoms in total. The molecule has 0 radical (unpaired) electrons. The van der Waals surface area contributed by atoms with E-state index in [1.54, 1.807) is 4.52 Å². The lowest BCUT2D eigenvalue weighted by Crippen LogP contribution is -2.38. The highest BCUT2D eigenvalue weighted by molar-refractivity contribution is 6.30. The van der Waals surface area contributed by atoms with Crippen LogP contribution < -0.4 is 4.90 Å². The third kappa shape index (κ3) is 2.15. The minimum Gasteiger partial charge on any atom is -0.396 e. The molecule has 1 aliphatic rings. The van der Waals surface area contributed by atoms with Gasteiger partial charge < -0.3 is 10.0 Å². The lowest BCUT2D eigenvalue weighted by atomic mass is 9.99. The number of halogens is 1. The molecule has 0 bridgehead atoms. The van der Waals surface area contributed by atoms with Gasteiger partial charge in [-0.15, -0.1) is 0 Å². The first kappa shape index (κ1) is 12.6. The van der Waals surface area contributed by atoms with Crippen LogP contribution in [0, 0.1) is 12.8 Å². The van der Waals surface area contributed by atoms with Gasteiger partial charge in [0.05, 0.1) is 0 Å². The summed E-state index contributed by atoms with van der Waals surface area (Å²) in [5, 5.41) is 14.0. The van der Waals surface area contributed by atoms with Crippen molar-refractivity contribution in [2.75, 3.05) is 24.6 Å². The molecular weight excluding hydrogens is 266 g/mol. The monoisotopic (exact) mass is 281 g/mol. The average molecular weight is 282 g/mol. The molecule has 1 N–H and O–H groups in total. The fourth-order valence-electron chi connectivity index (χ4n) is 2.66. The molecule has 0 amide bonds. The Morgan fingerprint density at radius 2 is 2.37 bits per heavy atom. The van der Waals surface area contributed by atoms with E-state index < -0.39 is 0 Å². The summed E-state index contributed by atoms with van der Waals surface area (Å²) in [6.07, 6.45) is 3.60. The quantitative estimate of drug-likeness (QED) is 0.841. The Balaban J connectivity index is 2.08. The minimum absolute atomic E-state index is 0.217. The van der Waals surface area contributed by atoms with Crippen molar-refractivity contribution in [3.05, 3.63) is 17.0 Å². The zero-order valence-corrected chi connectivity index (χ0v) is 11.5. The normalized spacial score (nSPS) is 20.2. The van der Waals surface area contributed by atoms with Gasteiger partial charge in [-0.3, -0.25) is 0 Å². The van der Waals surface area contributed by atoms with Crippen LogP contribution in [0.4, 0.5) is 5.82 Å². The summed E-state index contributed by atoms with van der Waals surface area (Å²) >= 11 is 6.17. The maximum atomic E-state index is 9.35. The highest BCUT2D eigenvalue weighted by Gasteiger charge is 2.24. The van der Waals surface area contributed by atoms with Crippen LogP contribution in [0.1, 0.15) is 18.4 Å². The van der Waals surface area contributed by atoms with E-state index in [9.17, 15) is 5.11 Å². The van der Waals surface area contributed by atoms with Crippen LogP contribution in [0.2, 0.25) is 5.15 Å². The molecule has 3 heterocycles. The molecule has 2 aromatic rings. The van der Waals surface area contributed by atoms with Gasteiger partial charge in [-0.05, 0) is 25.7 Å². The maximum Gasteiger partial charge on any atom is 0.255 e. The fourth-order valence-corrected chi connectivity index (χ4v) is 2.82. The van der Waals surface area contributed by atoms with Crippen LogP contribution in [0.15, 0.2) is 6.33 Å². The first-order valence-electron chi connectivity index (χ1n) is 6.42. The fraction of sp³-hybridized carbons (Fsp3) is 0.583. The highest BCUT2D eigenvalue weighted by atomic mass is 35.5. The van der Waals surface area contributed by atoms with E-state index in [1.807, 2.05) is 6.92 Å². The molecule has 1 aliphatic heterocycles. The molecule has 0 spiro atoms. The van der Waals surface area contributed by atoms with E-state index in [0.29, 0.717) is 16.8 Å². The molecule has 0 saturated carbocycles. The van der Waals surface area contributed by atoms with Crippen LogP contribution in [-0.2, 0) is 0 Å². The summed E-state index contributed by atoms with van der Waals surface area (Å²) in [6.45, 7) is 3.91. The number of aliphatic hydroxyl groups is 1. The number of rotatable bonds is 2. The smallest absolute Gasteiger partial charge is 0.255 e. The van der Waals surface area contributed by atoms with Crippen molar-refractivity contribution < 1.29 is 5.11 Å². The van der Waals surface area contributed by atoms with Crippen molar-refractivity contribution in [2.24, 2.45) is 5.92 Å². The second kappa shape index (κ2) is 4.94. The Bertz CT molecular complexity index is 599. The number of aliphatic hydroxyl groups excluding tert-OH is 1. The number of piperidine rings is 1. The summed E-state index contributed by atoms with van der Waals surface area (Å²) in [4.78, 5) is 10.5. The van der Waals surface area contributed by atoms with Crippen LogP contribution in [0.3, 0.4) is 0 Å². The maximum absolute atomic E-state index is 9.35. The summed E-state index contributed by atoms with van der Waals surface area (Å²) in [6, 6.07) is 0. The van der Waals surface area contributed by atoms with Crippen molar-refractivity contribution >= 4 is 23.2 Å². The number of anilines is 1. The SMILES string of the molecule is Cc1c(Cl)nc2ncnn2c1N1CCCC(CO)C1. The Morgan fingerprint density at radius 1 is 1.53 bits per heavy atom. The molecule has 3 rings (SSSR count). The van der Waals surface area contributed by atoms with Crippen LogP contribution in [0.5, 0.6) is 0 Å². The van der Waals surface area contributed by atoms with Gasteiger partial charge in [-0.25, -0.2) is 0 Å². The lowest BCUT2D eigenvalue weighted by molar-refractivity contribution is 0.208. The standard InChI is InChI=1S/C12H16ClN5O/c1-8-10(13)16-12-14-7-15-18(12)11(8)17-4-2-3-9(5-17)6-19/h7,9,19H,2-6H2,1H3. The number of aromatic nitrogens is 4. The van der Waals surface area contributed by atoms with Gasteiger partial charge in [0.15, 0.2) is 0 Å². The largest absolute Gasteiger partial charge is 0.396 e. The van der Waals surface area contributed by atoms with Crippen LogP contribution in [0.25, 0.3) is 5.78 Å². The zero-order valence-electron chi connectivity index (χ0n) is 10.8. The first-order valence-corrected chi connectivity index (χ1v) is 6.80. The summed E-state index contributed by atoms with van der Waals surface area (Å²) in [7, 11) is 0. The number of hydrogen-bond donors (Lipinski definition) is 1. The van der Waals surface area contributed by atoms with Gasteiger partial charge in [-0.2, -0.15) is 19.6 Å². The van der Waals surface area contributed by atoms with Crippen LogP contribution in [-0.4, -0.2) is 44.4 Å². The second-order valence-electron chi connectivity index (χ2n) is 4.96. The van der Waals surface area contributed by atoms with Gasteiger partial charge >= 0.3 is 0 Å². The van der Waals surface area contributed by atoms with Crippen molar-refractivity contribution in [3.8, 4) is 0 Å². The van der Waals surface area contributed by atoms with Crippen molar-refractivity contribution in [3.63, 3.8) is 0 Å². The number of hydrogen-bond acceptors (Lipinski definition) is 5. The van der Waals surface area contributed by atoms with Gasteiger partial charge in [0.25, 0.3) is 5.78 Å². The first-order chi connectivity index (χ1) is 9.20. The third-order valence-electron chi connectivity index (χ3n) is 3.65. The van der Waals surface area contributed by atoms with Crippen molar-refractivity contribution in [2.45, 2.75) is 19.8 Å². The van der Waals surface area contributed by atoms with E-state index in [-0.39, 0.29) is 6.61 Å². The van der Waals surface area contributed by atoms with E-state index in [4.69, 9.17) is 11.6 Å². The lowest BCUT2D eigenvalue weighted by Gasteiger charge is -2.34. The number of fused-ring (bicyclic) bond motifs is 1. The van der Waals surface area contributed by atoms with Gasteiger partial charge in [0.2, 0.25) is 0 Å². The molecule has 7 heteroatoms. The van der Waals surface area contributed by atoms with E-state index in [1.165, 1.54) is 6.33 Å². The second-order valence-corrected chi connectivity index (χ2v) is 5.32. The molecule has 102 valence electrons. The Hall–Kier alpha value is -1.40. The molecule has 1 unspecified atom stereocenters. The summed E-state index contributed by atoms with van der Waals surface area (Å²) in [5.41, 5.74) is 0.901. The van der Waals surface area contributed by atoms with Crippen molar-refractivity contribution in [1.29, 1.82) is 0 Å². The Kier molecular flexibility index (Phi) is 3.28. The van der Waals surface area contributed by atoms with Gasteiger partial charge in [0, 0.05) is 25.3 Å². The number of nitrogens with zero attached hydrogens (tertiary/aromatic N) is 5. The summed E-state index contributed by atoms with van der Waals surface area (Å²) < 4.78 is 1.72. The molecule has 1 saturated heterocycles. The zero-order chi connectivity index (χ0) is 13.4. The summed E-state index contributed by atoms with van der Waals surface area (Å²) in [5.74, 6) is 1.75. The molecule has 0 aliphatic carbocycles. The Labute approximate surface area is 116 Å². The molecule has 2 aromatic heterocycles. The van der Waals surface area contributed by atoms with Crippen LogP contribution >= 0.6 is 11.6 Å².